The Hall–Kier alpha value is -5.59. The maximum absolute atomic E-state index is 11.7. The van der Waals surface area contributed by atoms with Crippen LogP contribution in [0.15, 0.2) is 72.8 Å². The van der Waals surface area contributed by atoms with Crippen molar-refractivity contribution in [2.45, 2.75) is 113 Å². The van der Waals surface area contributed by atoms with Gasteiger partial charge in [-0.2, -0.15) is 0 Å². The second-order valence-electron chi connectivity index (χ2n) is 17.4. The molecule has 2 fully saturated rings. The topological polar surface area (TPSA) is 105 Å². The number of esters is 1. The van der Waals surface area contributed by atoms with Crippen LogP contribution in [0.4, 0.5) is 0 Å². The lowest BCUT2D eigenvalue weighted by Gasteiger charge is -2.26. The molecule has 348 valence electrons. The highest BCUT2D eigenvalue weighted by molar-refractivity contribution is 5.79. The minimum Gasteiger partial charge on any atom is -0.494 e. The summed E-state index contributed by atoms with van der Waals surface area (Å²) in [5.74, 6) is 5.26. The lowest BCUT2D eigenvalue weighted by molar-refractivity contribution is -0.145. The van der Waals surface area contributed by atoms with Crippen molar-refractivity contribution in [2.24, 2.45) is 0 Å². The molecule has 65 heavy (non-hydrogen) atoms. The van der Waals surface area contributed by atoms with E-state index in [2.05, 4.69) is 102 Å². The van der Waals surface area contributed by atoms with Crippen LogP contribution in [-0.4, -0.2) is 94.1 Å². The summed E-state index contributed by atoms with van der Waals surface area (Å²) in [6.45, 7) is 22.1. The predicted molar refractivity (Wildman–Crippen MR) is 258 cm³/mol. The molecule has 12 nitrogen and oxygen atoms in total. The van der Waals surface area contributed by atoms with Gasteiger partial charge in [0.25, 0.3) is 0 Å². The van der Waals surface area contributed by atoms with E-state index in [1.807, 2.05) is 24.3 Å². The first-order valence-electron chi connectivity index (χ1n) is 23.9. The highest BCUT2D eigenvalue weighted by atomic mass is 16.6. The third-order valence-corrected chi connectivity index (χ3v) is 12.3. The van der Waals surface area contributed by atoms with E-state index in [1.165, 1.54) is 49.7 Å². The molecule has 0 N–H and O–H groups in total. The van der Waals surface area contributed by atoms with Gasteiger partial charge < -0.3 is 32.8 Å². The fourth-order valence-corrected chi connectivity index (χ4v) is 8.96. The Kier molecular flexibility index (Phi) is 17.2. The molecular formula is C53H70N6O6. The average molecular weight is 887 g/mol. The molecule has 0 atom stereocenters. The molecule has 0 bridgehead atoms. The van der Waals surface area contributed by atoms with E-state index in [9.17, 15) is 4.79 Å². The summed E-state index contributed by atoms with van der Waals surface area (Å²) in [7, 11) is 0. The van der Waals surface area contributed by atoms with Gasteiger partial charge in [-0.05, 0) is 139 Å². The van der Waals surface area contributed by atoms with Gasteiger partial charge >= 0.3 is 5.97 Å². The normalized spacial score (nSPS) is 14.6. The summed E-state index contributed by atoms with van der Waals surface area (Å²) < 4.78 is 33.5. The molecule has 2 aliphatic rings. The van der Waals surface area contributed by atoms with E-state index in [-0.39, 0.29) is 12.6 Å². The summed E-state index contributed by atoms with van der Waals surface area (Å²) >= 11 is 0. The molecule has 2 saturated heterocycles. The molecule has 0 saturated carbocycles. The van der Waals surface area contributed by atoms with Crippen LogP contribution in [0.3, 0.4) is 0 Å². The minimum atomic E-state index is -0.373. The molecule has 12 heteroatoms. The number of fused-ring (bicyclic) bond motifs is 2. The number of likely N-dealkylation sites (tertiary alicyclic amines) is 2. The van der Waals surface area contributed by atoms with Gasteiger partial charge in [0.2, 0.25) is 0 Å². The quantitative estimate of drug-likeness (QED) is 0.0730. The molecule has 0 aliphatic carbocycles. The summed E-state index contributed by atoms with van der Waals surface area (Å²) in [4.78, 5) is 26.6. The lowest BCUT2D eigenvalue weighted by atomic mass is 10.1. The molecular weight excluding hydrogens is 817 g/mol. The van der Waals surface area contributed by atoms with Gasteiger partial charge in [0, 0.05) is 12.1 Å². The largest absolute Gasteiger partial charge is 0.494 e. The Labute approximate surface area is 385 Å². The van der Waals surface area contributed by atoms with Gasteiger partial charge in [0.05, 0.1) is 61.5 Å². The van der Waals surface area contributed by atoms with Crippen molar-refractivity contribution in [1.29, 1.82) is 0 Å². The van der Waals surface area contributed by atoms with Crippen molar-refractivity contribution < 1.29 is 28.5 Å². The molecule has 8 rings (SSSR count). The molecule has 6 aromatic rings. The molecule has 0 amide bonds. The summed E-state index contributed by atoms with van der Waals surface area (Å²) in [6.07, 6.45) is 8.69. The molecule has 0 spiro atoms. The van der Waals surface area contributed by atoms with Gasteiger partial charge in [0.1, 0.15) is 47.9 Å². The fraction of sp³-hybridized carbons (Fsp3) is 0.491. The first-order valence-corrected chi connectivity index (χ1v) is 23.9. The van der Waals surface area contributed by atoms with Crippen LogP contribution in [0.1, 0.15) is 92.7 Å². The zero-order chi connectivity index (χ0) is 45.5. The minimum absolute atomic E-state index is 0.107. The number of para-hydroxylation sites is 2. The van der Waals surface area contributed by atoms with Crippen LogP contribution in [0.25, 0.3) is 22.1 Å². The van der Waals surface area contributed by atoms with E-state index in [0.717, 1.165) is 121 Å². The molecule has 2 aliphatic heterocycles. The van der Waals surface area contributed by atoms with Crippen molar-refractivity contribution in [2.75, 3.05) is 59.2 Å². The van der Waals surface area contributed by atoms with E-state index >= 15 is 0 Å². The second kappa shape index (κ2) is 23.6. The Morgan fingerprint density at radius 1 is 0.554 bits per heavy atom. The van der Waals surface area contributed by atoms with Gasteiger partial charge in [-0.3, -0.25) is 9.80 Å². The maximum Gasteiger partial charge on any atom is 0.344 e. The SMILES string of the molecule is CCCOc1ccc2nc(CN3CCCCC3)n(CCOc3c(C)cccc3C)c2c1.CCOC(=O)COc1ccc2c(c1)nc(CN1CCCCC1)n2CCOc1c(C)cccc1C. The van der Waals surface area contributed by atoms with Crippen molar-refractivity contribution >= 4 is 28.0 Å². The summed E-state index contributed by atoms with van der Waals surface area (Å²) in [5, 5.41) is 0. The first kappa shape index (κ1) is 47.4. The fourth-order valence-electron chi connectivity index (χ4n) is 8.96. The molecule has 4 aromatic carbocycles. The predicted octanol–water partition coefficient (Wildman–Crippen LogP) is 10.2. The van der Waals surface area contributed by atoms with Gasteiger partial charge in [-0.25, -0.2) is 14.8 Å². The zero-order valence-corrected chi connectivity index (χ0v) is 39.7. The summed E-state index contributed by atoms with van der Waals surface area (Å²) in [5.41, 5.74) is 8.72. The maximum atomic E-state index is 11.7. The van der Waals surface area contributed by atoms with Crippen LogP contribution in [0.2, 0.25) is 0 Å². The van der Waals surface area contributed by atoms with E-state index in [1.54, 1.807) is 6.92 Å². The number of carbonyl (C=O) groups excluding carboxylic acids is 1. The molecule has 2 aromatic heterocycles. The highest BCUT2D eigenvalue weighted by Crippen LogP contribution is 2.28. The van der Waals surface area contributed by atoms with Crippen LogP contribution >= 0.6 is 0 Å². The van der Waals surface area contributed by atoms with Crippen molar-refractivity contribution in [3.63, 3.8) is 0 Å². The number of benzene rings is 4. The first-order chi connectivity index (χ1) is 31.7. The number of hydrogen-bond donors (Lipinski definition) is 0. The van der Waals surface area contributed by atoms with Gasteiger partial charge in [0.15, 0.2) is 6.61 Å². The van der Waals surface area contributed by atoms with Crippen molar-refractivity contribution in [3.05, 3.63) is 107 Å². The Morgan fingerprint density at radius 2 is 1.06 bits per heavy atom. The third kappa shape index (κ3) is 12.8. The number of hydrogen-bond acceptors (Lipinski definition) is 10. The smallest absolute Gasteiger partial charge is 0.344 e. The van der Waals surface area contributed by atoms with E-state index in [0.29, 0.717) is 32.1 Å². The van der Waals surface area contributed by atoms with E-state index < -0.39 is 0 Å². The zero-order valence-electron chi connectivity index (χ0n) is 39.7. The lowest BCUT2D eigenvalue weighted by Crippen LogP contribution is -2.30. The van der Waals surface area contributed by atoms with Crippen LogP contribution in [-0.2, 0) is 35.7 Å². The number of imidazole rings is 2. The van der Waals surface area contributed by atoms with Crippen molar-refractivity contribution in [1.82, 2.24) is 28.9 Å². The number of ether oxygens (including phenoxy) is 5. The number of rotatable bonds is 19. The number of carbonyl (C=O) groups is 1. The molecule has 0 unspecified atom stereocenters. The average Bonchev–Trinajstić information content (AvgIpc) is 3.83. The number of aryl methyl sites for hydroxylation is 4. The number of nitrogens with zero attached hydrogens (tertiary/aromatic N) is 6. The third-order valence-electron chi connectivity index (χ3n) is 12.3. The van der Waals surface area contributed by atoms with Crippen LogP contribution in [0, 0.1) is 27.7 Å². The summed E-state index contributed by atoms with van der Waals surface area (Å²) in [6, 6.07) is 24.6. The van der Waals surface area contributed by atoms with Gasteiger partial charge in [-0.1, -0.05) is 56.2 Å². The van der Waals surface area contributed by atoms with Crippen molar-refractivity contribution in [3.8, 4) is 23.0 Å². The molecule has 4 heterocycles. The molecule has 0 radical (unpaired) electrons. The Balaban J connectivity index is 0.000000195. The highest BCUT2D eigenvalue weighted by Gasteiger charge is 2.20. The van der Waals surface area contributed by atoms with Gasteiger partial charge in [-0.15, -0.1) is 0 Å². The number of piperidine rings is 2. The van der Waals surface area contributed by atoms with E-state index in [4.69, 9.17) is 33.7 Å². The second-order valence-corrected chi connectivity index (χ2v) is 17.4. The standard InChI is InChI=1S/C27H35N3O4.C26H35N3O2/c1-4-32-26(31)19-34-22-11-12-24-23(17-22)28-25(18-29-13-6-5-7-14-29)30(24)15-16-33-27-20(2)9-8-10-21(27)3;1-4-16-30-22-11-12-23-24(18-22)29(25(27-23)19-28-13-6-5-7-14-28)15-17-31-26-20(2)9-8-10-21(26)3/h8-12,17H,4-7,13-16,18-19H2,1-3H3;8-12,18H,4-7,13-17,19H2,1-3H3. The Morgan fingerprint density at radius 3 is 1.60 bits per heavy atom. The number of aromatic nitrogens is 4. The van der Waals surface area contributed by atoms with Crippen LogP contribution < -0.4 is 18.9 Å². The Bertz CT molecular complexity index is 2420. The van der Waals surface area contributed by atoms with Crippen LogP contribution in [0.5, 0.6) is 23.0 Å². The monoisotopic (exact) mass is 887 g/mol.